The Morgan fingerprint density at radius 3 is 3.00 bits per heavy atom. The first-order valence-corrected chi connectivity index (χ1v) is 5.26. The van der Waals surface area contributed by atoms with Gasteiger partial charge in [-0.2, -0.15) is 0 Å². The molecule has 0 aromatic heterocycles. The normalized spacial score (nSPS) is 15.8. The van der Waals surface area contributed by atoms with Gasteiger partial charge in [-0.1, -0.05) is 12.1 Å². The zero-order valence-corrected chi connectivity index (χ0v) is 9.54. The largest absolute Gasteiger partial charge is 0.341 e. The SMILES string of the molecule is CN1Cc2cccc(I)c2CC1=O. The number of rotatable bonds is 0. The summed E-state index contributed by atoms with van der Waals surface area (Å²) in [7, 11) is 1.85. The molecule has 1 heterocycles. The molecule has 0 atom stereocenters. The number of likely N-dealkylation sites (N-methyl/N-ethyl adjacent to an activating group) is 1. The van der Waals surface area contributed by atoms with E-state index in [-0.39, 0.29) is 5.91 Å². The zero-order valence-electron chi connectivity index (χ0n) is 7.38. The minimum absolute atomic E-state index is 0.219. The van der Waals surface area contributed by atoms with Crippen molar-refractivity contribution in [2.24, 2.45) is 0 Å². The number of benzene rings is 1. The molecule has 68 valence electrons. The van der Waals surface area contributed by atoms with Crippen LogP contribution in [0.3, 0.4) is 0 Å². The van der Waals surface area contributed by atoms with Crippen LogP contribution in [-0.2, 0) is 17.8 Å². The second-order valence-electron chi connectivity index (χ2n) is 3.30. The minimum Gasteiger partial charge on any atom is -0.341 e. The van der Waals surface area contributed by atoms with Crippen molar-refractivity contribution in [3.05, 3.63) is 32.9 Å². The summed E-state index contributed by atoms with van der Waals surface area (Å²) in [5.41, 5.74) is 2.50. The van der Waals surface area contributed by atoms with E-state index in [1.165, 1.54) is 14.7 Å². The third-order valence-corrected chi connectivity index (χ3v) is 3.39. The summed E-state index contributed by atoms with van der Waals surface area (Å²) >= 11 is 2.29. The second kappa shape index (κ2) is 3.29. The first-order chi connectivity index (χ1) is 6.18. The van der Waals surface area contributed by atoms with E-state index in [9.17, 15) is 4.79 Å². The third kappa shape index (κ3) is 1.57. The lowest BCUT2D eigenvalue weighted by molar-refractivity contribution is -0.130. The van der Waals surface area contributed by atoms with Crippen LogP contribution in [0.4, 0.5) is 0 Å². The molecule has 0 bridgehead atoms. The monoisotopic (exact) mass is 287 g/mol. The standard InChI is InChI=1S/C10H10INO/c1-12-6-7-3-2-4-9(11)8(7)5-10(12)13/h2-4H,5-6H2,1H3. The highest BCUT2D eigenvalue weighted by atomic mass is 127. The lowest BCUT2D eigenvalue weighted by atomic mass is 10.00. The van der Waals surface area contributed by atoms with E-state index in [1.807, 2.05) is 13.1 Å². The Morgan fingerprint density at radius 2 is 2.23 bits per heavy atom. The lowest BCUT2D eigenvalue weighted by Gasteiger charge is -2.25. The summed E-state index contributed by atoms with van der Waals surface area (Å²) in [5.74, 6) is 0.219. The van der Waals surface area contributed by atoms with Crippen molar-refractivity contribution in [2.45, 2.75) is 13.0 Å². The van der Waals surface area contributed by atoms with Crippen molar-refractivity contribution in [3.63, 3.8) is 0 Å². The van der Waals surface area contributed by atoms with Crippen LogP contribution in [0.15, 0.2) is 18.2 Å². The van der Waals surface area contributed by atoms with E-state index in [0.29, 0.717) is 6.42 Å². The molecular weight excluding hydrogens is 277 g/mol. The molecule has 0 spiro atoms. The fourth-order valence-corrected chi connectivity index (χ4v) is 2.32. The molecule has 0 fully saturated rings. The van der Waals surface area contributed by atoms with Crippen LogP contribution < -0.4 is 0 Å². The van der Waals surface area contributed by atoms with Crippen molar-refractivity contribution in [1.29, 1.82) is 0 Å². The predicted octanol–water partition coefficient (Wildman–Crippen LogP) is 1.81. The fourth-order valence-electron chi connectivity index (χ4n) is 1.58. The number of carbonyl (C=O) groups excluding carboxylic acids is 1. The summed E-state index contributed by atoms with van der Waals surface area (Å²) in [6, 6.07) is 6.20. The first-order valence-electron chi connectivity index (χ1n) is 4.18. The molecule has 0 unspecified atom stereocenters. The van der Waals surface area contributed by atoms with E-state index < -0.39 is 0 Å². The van der Waals surface area contributed by atoms with Crippen molar-refractivity contribution >= 4 is 28.5 Å². The summed E-state index contributed by atoms with van der Waals surface area (Å²) < 4.78 is 1.21. The zero-order chi connectivity index (χ0) is 9.42. The van der Waals surface area contributed by atoms with Crippen molar-refractivity contribution in [3.8, 4) is 0 Å². The Labute approximate surface area is 91.1 Å². The highest BCUT2D eigenvalue weighted by molar-refractivity contribution is 14.1. The van der Waals surface area contributed by atoms with Crippen LogP contribution in [0, 0.1) is 3.57 Å². The highest BCUT2D eigenvalue weighted by Crippen LogP contribution is 2.23. The predicted molar refractivity (Wildman–Crippen MR) is 59.3 cm³/mol. The Morgan fingerprint density at radius 1 is 1.46 bits per heavy atom. The Kier molecular flexibility index (Phi) is 2.27. The van der Waals surface area contributed by atoms with Crippen LogP contribution in [0.25, 0.3) is 0 Å². The van der Waals surface area contributed by atoms with Crippen LogP contribution >= 0.6 is 22.6 Å². The fraction of sp³-hybridized carbons (Fsp3) is 0.300. The van der Waals surface area contributed by atoms with Crippen LogP contribution in [0.2, 0.25) is 0 Å². The van der Waals surface area contributed by atoms with Crippen LogP contribution in [-0.4, -0.2) is 17.9 Å². The van der Waals surface area contributed by atoms with Gasteiger partial charge in [0.05, 0.1) is 6.42 Å². The molecule has 13 heavy (non-hydrogen) atoms. The summed E-state index contributed by atoms with van der Waals surface area (Å²) in [5, 5.41) is 0. The molecule has 1 aliphatic rings. The molecule has 3 heteroatoms. The van der Waals surface area contributed by atoms with Gasteiger partial charge in [-0.15, -0.1) is 0 Å². The number of amides is 1. The smallest absolute Gasteiger partial charge is 0.227 e. The maximum atomic E-state index is 11.4. The molecule has 2 rings (SSSR count). The quantitative estimate of drug-likeness (QED) is 0.666. The molecule has 2 nitrogen and oxygen atoms in total. The van der Waals surface area contributed by atoms with Gasteiger partial charge >= 0.3 is 0 Å². The third-order valence-electron chi connectivity index (χ3n) is 2.38. The van der Waals surface area contributed by atoms with Gasteiger partial charge in [0, 0.05) is 17.2 Å². The highest BCUT2D eigenvalue weighted by Gasteiger charge is 2.20. The topological polar surface area (TPSA) is 20.3 Å². The van der Waals surface area contributed by atoms with Gasteiger partial charge in [0.2, 0.25) is 5.91 Å². The van der Waals surface area contributed by atoms with E-state index in [2.05, 4.69) is 34.7 Å². The number of nitrogens with zero attached hydrogens (tertiary/aromatic N) is 1. The summed E-state index contributed by atoms with van der Waals surface area (Å²) in [4.78, 5) is 13.2. The maximum absolute atomic E-state index is 11.4. The van der Waals surface area contributed by atoms with E-state index in [4.69, 9.17) is 0 Å². The number of hydrogen-bond donors (Lipinski definition) is 0. The van der Waals surface area contributed by atoms with Crippen LogP contribution in [0.1, 0.15) is 11.1 Å². The van der Waals surface area contributed by atoms with E-state index >= 15 is 0 Å². The number of halogens is 1. The molecule has 0 N–H and O–H groups in total. The molecule has 1 aromatic rings. The lowest BCUT2D eigenvalue weighted by Crippen LogP contribution is -2.33. The Bertz CT molecular complexity index is 362. The number of hydrogen-bond acceptors (Lipinski definition) is 1. The van der Waals surface area contributed by atoms with E-state index in [1.54, 1.807) is 4.90 Å². The van der Waals surface area contributed by atoms with Gasteiger partial charge in [0.15, 0.2) is 0 Å². The van der Waals surface area contributed by atoms with Gasteiger partial charge in [-0.3, -0.25) is 4.79 Å². The van der Waals surface area contributed by atoms with E-state index in [0.717, 1.165) is 6.54 Å². The van der Waals surface area contributed by atoms with Crippen molar-refractivity contribution < 1.29 is 4.79 Å². The van der Waals surface area contributed by atoms with Gasteiger partial charge in [-0.25, -0.2) is 0 Å². The van der Waals surface area contributed by atoms with Gasteiger partial charge in [0.25, 0.3) is 0 Å². The molecule has 1 aliphatic heterocycles. The molecule has 0 saturated carbocycles. The molecular formula is C10H10INO. The minimum atomic E-state index is 0.219. The van der Waals surface area contributed by atoms with Gasteiger partial charge in [-0.05, 0) is 39.8 Å². The average Bonchev–Trinajstić information content (AvgIpc) is 2.09. The second-order valence-corrected chi connectivity index (χ2v) is 4.47. The Hall–Kier alpha value is -0.580. The molecule has 0 radical (unpaired) electrons. The van der Waals surface area contributed by atoms with Crippen molar-refractivity contribution in [2.75, 3.05) is 7.05 Å². The number of fused-ring (bicyclic) bond motifs is 1. The van der Waals surface area contributed by atoms with Crippen molar-refractivity contribution in [1.82, 2.24) is 4.90 Å². The van der Waals surface area contributed by atoms with Crippen LogP contribution in [0.5, 0.6) is 0 Å². The maximum Gasteiger partial charge on any atom is 0.227 e. The molecule has 0 saturated heterocycles. The van der Waals surface area contributed by atoms with Gasteiger partial charge < -0.3 is 4.90 Å². The molecule has 1 aromatic carbocycles. The molecule has 0 aliphatic carbocycles. The Balaban J connectivity index is 2.48. The average molecular weight is 287 g/mol. The molecule has 1 amide bonds. The van der Waals surface area contributed by atoms with Gasteiger partial charge in [0.1, 0.15) is 0 Å². The first kappa shape index (κ1) is 8.99. The summed E-state index contributed by atoms with van der Waals surface area (Å²) in [6.45, 7) is 0.755. The summed E-state index contributed by atoms with van der Waals surface area (Å²) in [6.07, 6.45) is 0.560. The number of carbonyl (C=O) groups is 1.